The normalized spacial score (nSPS) is 13.3. The molecule has 0 aliphatic heterocycles. The molecule has 0 aliphatic carbocycles. The Morgan fingerprint density at radius 2 is 1.66 bits per heavy atom. The fourth-order valence-electron chi connectivity index (χ4n) is 4.23. The molecule has 0 fully saturated rings. The largest absolute Gasteiger partial charge is 0.507 e. The summed E-state index contributed by atoms with van der Waals surface area (Å²) in [6, 6.07) is 15.0. The van der Waals surface area contributed by atoms with E-state index in [2.05, 4.69) is 57.7 Å². The van der Waals surface area contributed by atoms with Gasteiger partial charge in [-0.3, -0.25) is 0 Å². The molecule has 0 saturated carbocycles. The minimum Gasteiger partial charge on any atom is -0.507 e. The monoisotopic (exact) mass is 452 g/mol. The van der Waals surface area contributed by atoms with Crippen molar-refractivity contribution in [2.24, 2.45) is 5.41 Å². The van der Waals surface area contributed by atoms with E-state index in [-0.39, 0.29) is 23.2 Å². The molecule has 4 heteroatoms. The Bertz CT molecular complexity index is 1100. The van der Waals surface area contributed by atoms with Crippen molar-refractivity contribution in [3.8, 4) is 5.75 Å². The predicted molar refractivity (Wildman–Crippen MR) is 137 cm³/mol. The van der Waals surface area contributed by atoms with Crippen LogP contribution in [0.5, 0.6) is 5.75 Å². The van der Waals surface area contributed by atoms with E-state index >= 15 is 0 Å². The third kappa shape index (κ3) is 4.72. The lowest BCUT2D eigenvalue weighted by Gasteiger charge is -2.34. The van der Waals surface area contributed by atoms with Crippen LogP contribution in [0.4, 0.5) is 0 Å². The smallest absolute Gasteiger partial charge is 0.125 e. The van der Waals surface area contributed by atoms with Crippen LogP contribution in [0.2, 0.25) is 0 Å². The molecule has 1 heterocycles. The molecule has 3 nitrogen and oxygen atoms in total. The maximum absolute atomic E-state index is 10.3. The molecule has 2 aromatic carbocycles. The summed E-state index contributed by atoms with van der Waals surface area (Å²) < 4.78 is 7.13. The van der Waals surface area contributed by atoms with Gasteiger partial charge >= 0.3 is 0 Å². The van der Waals surface area contributed by atoms with Crippen molar-refractivity contribution in [3.63, 3.8) is 0 Å². The first-order valence-corrected chi connectivity index (χ1v) is 12.2. The van der Waals surface area contributed by atoms with Gasteiger partial charge in [0.05, 0.1) is 11.0 Å². The van der Waals surface area contributed by atoms with Crippen LogP contribution in [-0.4, -0.2) is 22.9 Å². The Labute approximate surface area is 196 Å². The van der Waals surface area contributed by atoms with Crippen LogP contribution in [0.15, 0.2) is 49.0 Å². The van der Waals surface area contributed by atoms with E-state index < -0.39 is 6.10 Å². The maximum Gasteiger partial charge on any atom is 0.125 e. The number of aliphatic hydroxyl groups excluding tert-OH is 2. The zero-order chi connectivity index (χ0) is 23.7. The molecule has 3 rings (SSSR count). The number of ether oxygens (including phenoxy) is 1. The third-order valence-electron chi connectivity index (χ3n) is 6.69. The number of benzene rings is 2. The molecule has 0 amide bonds. The lowest BCUT2D eigenvalue weighted by atomic mass is 9.70. The minimum absolute atomic E-state index is 0.108. The van der Waals surface area contributed by atoms with Crippen molar-refractivity contribution in [3.05, 3.63) is 70.6 Å². The fraction of sp³-hybridized carbons (Fsp3) is 0.429. The molecule has 2 N–H and O–H groups in total. The molecule has 172 valence electrons. The Kier molecular flexibility index (Phi) is 7.06. The van der Waals surface area contributed by atoms with Gasteiger partial charge in [0.1, 0.15) is 18.1 Å². The Morgan fingerprint density at radius 1 is 1.03 bits per heavy atom. The zero-order valence-electron chi connectivity index (χ0n) is 20.2. The van der Waals surface area contributed by atoms with Crippen LogP contribution in [0, 0.1) is 12.3 Å². The molecule has 0 radical (unpaired) electrons. The van der Waals surface area contributed by atoms with Gasteiger partial charge in [0, 0.05) is 10.1 Å². The summed E-state index contributed by atoms with van der Waals surface area (Å²) in [4.78, 5) is 0.811. The summed E-state index contributed by atoms with van der Waals surface area (Å²) in [6.45, 7) is 16.5. The van der Waals surface area contributed by atoms with Crippen molar-refractivity contribution in [2.45, 2.75) is 65.9 Å². The van der Waals surface area contributed by atoms with Crippen molar-refractivity contribution >= 4 is 27.2 Å². The SMILES string of the molecule is C=C(O)c1cc2ccc(C(CC)(CC)c3ccc(OCC(O)C(C)(C)C)c(C)c3)cc2s1. The summed E-state index contributed by atoms with van der Waals surface area (Å²) in [6.07, 6.45) is 1.43. The lowest BCUT2D eigenvalue weighted by Crippen LogP contribution is -2.32. The predicted octanol–water partition coefficient (Wildman–Crippen LogP) is 7.63. The Morgan fingerprint density at radius 3 is 2.22 bits per heavy atom. The summed E-state index contributed by atoms with van der Waals surface area (Å²) in [5.74, 6) is 0.936. The summed E-state index contributed by atoms with van der Waals surface area (Å²) in [5.41, 5.74) is 3.30. The van der Waals surface area contributed by atoms with Gasteiger partial charge in [-0.15, -0.1) is 11.3 Å². The summed E-state index contributed by atoms with van der Waals surface area (Å²) in [7, 11) is 0. The molecule has 1 atom stereocenters. The van der Waals surface area contributed by atoms with Crippen LogP contribution < -0.4 is 4.74 Å². The number of aliphatic hydroxyl groups is 2. The van der Waals surface area contributed by atoms with Gasteiger partial charge in [-0.2, -0.15) is 0 Å². The van der Waals surface area contributed by atoms with Crippen LogP contribution in [-0.2, 0) is 5.41 Å². The number of thiophene rings is 1. The second-order valence-electron chi connectivity index (χ2n) is 9.77. The van der Waals surface area contributed by atoms with Gasteiger partial charge in [-0.1, -0.05) is 65.5 Å². The molecule has 1 aromatic heterocycles. The molecular formula is C28H36O3S. The van der Waals surface area contributed by atoms with Crippen molar-refractivity contribution in [1.82, 2.24) is 0 Å². The first-order valence-electron chi connectivity index (χ1n) is 11.4. The van der Waals surface area contributed by atoms with Crippen molar-refractivity contribution < 1.29 is 14.9 Å². The Balaban J connectivity index is 1.96. The highest BCUT2D eigenvalue weighted by Crippen LogP contribution is 2.42. The topological polar surface area (TPSA) is 49.7 Å². The lowest BCUT2D eigenvalue weighted by molar-refractivity contribution is 0.0216. The van der Waals surface area contributed by atoms with Crippen LogP contribution >= 0.6 is 11.3 Å². The highest BCUT2D eigenvalue weighted by Gasteiger charge is 2.31. The van der Waals surface area contributed by atoms with E-state index in [1.54, 1.807) is 11.3 Å². The highest BCUT2D eigenvalue weighted by molar-refractivity contribution is 7.20. The van der Waals surface area contributed by atoms with Gasteiger partial charge in [0.15, 0.2) is 0 Å². The molecule has 0 bridgehead atoms. The van der Waals surface area contributed by atoms with Crippen molar-refractivity contribution in [1.29, 1.82) is 0 Å². The number of aryl methyl sites for hydroxylation is 1. The van der Waals surface area contributed by atoms with Crippen LogP contribution in [0.3, 0.4) is 0 Å². The molecule has 0 spiro atoms. The molecule has 0 saturated heterocycles. The standard InChI is InChI=1S/C28H36O3S/c1-8-28(9-2,22-11-10-20-15-24(19(4)29)32-25(20)16-22)21-12-13-23(18(3)14-21)31-17-26(30)27(5,6)7/h10-16,26,29-30H,4,8-9,17H2,1-3,5-7H3. The summed E-state index contributed by atoms with van der Waals surface area (Å²) in [5, 5.41) is 21.2. The third-order valence-corrected chi connectivity index (χ3v) is 7.83. The van der Waals surface area contributed by atoms with E-state index in [9.17, 15) is 10.2 Å². The van der Waals surface area contributed by atoms with E-state index in [4.69, 9.17) is 4.74 Å². The average Bonchev–Trinajstić information content (AvgIpc) is 3.17. The quantitative estimate of drug-likeness (QED) is 0.345. The number of hydrogen-bond donors (Lipinski definition) is 2. The first-order chi connectivity index (χ1) is 15.0. The van der Waals surface area contributed by atoms with E-state index in [1.807, 2.05) is 32.9 Å². The van der Waals surface area contributed by atoms with Gasteiger partial charge in [-0.05, 0) is 65.5 Å². The van der Waals surface area contributed by atoms with E-state index in [0.29, 0.717) is 0 Å². The number of hydrogen-bond acceptors (Lipinski definition) is 4. The number of rotatable bonds is 8. The number of fused-ring (bicyclic) bond motifs is 1. The molecule has 3 aromatic rings. The van der Waals surface area contributed by atoms with E-state index in [0.717, 1.165) is 39.1 Å². The highest BCUT2D eigenvalue weighted by atomic mass is 32.1. The van der Waals surface area contributed by atoms with Crippen molar-refractivity contribution in [2.75, 3.05) is 6.61 Å². The molecule has 32 heavy (non-hydrogen) atoms. The van der Waals surface area contributed by atoms with E-state index in [1.165, 1.54) is 11.1 Å². The molecular weight excluding hydrogens is 416 g/mol. The minimum atomic E-state index is -0.524. The van der Waals surface area contributed by atoms with Gasteiger partial charge in [-0.25, -0.2) is 0 Å². The Hall–Kier alpha value is -2.30. The second-order valence-corrected chi connectivity index (χ2v) is 10.9. The summed E-state index contributed by atoms with van der Waals surface area (Å²) >= 11 is 1.58. The first kappa shape index (κ1) is 24.3. The molecule has 1 unspecified atom stereocenters. The van der Waals surface area contributed by atoms with Gasteiger partial charge in [0.2, 0.25) is 0 Å². The van der Waals surface area contributed by atoms with Gasteiger partial charge < -0.3 is 14.9 Å². The average molecular weight is 453 g/mol. The fourth-order valence-corrected chi connectivity index (χ4v) is 5.20. The second kappa shape index (κ2) is 9.29. The maximum atomic E-state index is 10.3. The van der Waals surface area contributed by atoms with Crippen LogP contribution in [0.25, 0.3) is 15.8 Å². The zero-order valence-corrected chi connectivity index (χ0v) is 21.0. The van der Waals surface area contributed by atoms with Gasteiger partial charge in [0.25, 0.3) is 0 Å². The van der Waals surface area contributed by atoms with Crippen LogP contribution in [0.1, 0.15) is 69.0 Å². The molecule has 0 aliphatic rings.